The molecule has 0 saturated heterocycles. The fraction of sp³-hybridized carbons (Fsp3) is 0.594. The minimum Gasteiger partial charge on any atom is -0.493 e. The van der Waals surface area contributed by atoms with Crippen LogP contribution in [0, 0.1) is 17.8 Å². The molecule has 4 atom stereocenters. The quantitative estimate of drug-likeness (QED) is 0.252. The Balaban J connectivity index is 1.14. The van der Waals surface area contributed by atoms with E-state index in [-0.39, 0.29) is 5.91 Å². The van der Waals surface area contributed by atoms with Gasteiger partial charge in [-0.3, -0.25) is 4.79 Å². The van der Waals surface area contributed by atoms with Gasteiger partial charge in [0, 0.05) is 13.0 Å². The molecule has 0 heterocycles. The zero-order valence-electron chi connectivity index (χ0n) is 23.1. The van der Waals surface area contributed by atoms with Crippen molar-refractivity contribution in [2.24, 2.45) is 23.5 Å². The van der Waals surface area contributed by atoms with Gasteiger partial charge in [-0.05, 0) is 98.2 Å². The summed E-state index contributed by atoms with van der Waals surface area (Å²) in [5.74, 6) is 2.84. The summed E-state index contributed by atoms with van der Waals surface area (Å²) in [7, 11) is 0. The third-order valence-electron chi connectivity index (χ3n) is 8.36. The highest BCUT2D eigenvalue weighted by Crippen LogP contribution is 2.37. The van der Waals surface area contributed by atoms with Crippen LogP contribution in [-0.2, 0) is 4.79 Å². The van der Waals surface area contributed by atoms with Gasteiger partial charge in [0.05, 0.1) is 25.4 Å². The van der Waals surface area contributed by atoms with Gasteiger partial charge < -0.3 is 30.7 Å². The maximum Gasteiger partial charge on any atom is 0.220 e. The van der Waals surface area contributed by atoms with Crippen LogP contribution < -0.4 is 20.5 Å². The number of nitrogens with two attached hydrogens (primary N) is 1. The molecule has 7 nitrogen and oxygen atoms in total. The van der Waals surface area contributed by atoms with Gasteiger partial charge in [0.25, 0.3) is 0 Å². The average Bonchev–Trinajstić information content (AvgIpc) is 2.95. The van der Waals surface area contributed by atoms with Gasteiger partial charge in [-0.1, -0.05) is 43.5 Å². The minimum atomic E-state index is -0.646. The highest BCUT2D eigenvalue weighted by molar-refractivity contribution is 5.76. The largest absolute Gasteiger partial charge is 0.493 e. The summed E-state index contributed by atoms with van der Waals surface area (Å²) in [6.45, 7) is 2.16. The van der Waals surface area contributed by atoms with Crippen LogP contribution in [0.3, 0.4) is 0 Å². The first-order valence-electron chi connectivity index (χ1n) is 14.8. The van der Waals surface area contributed by atoms with E-state index in [2.05, 4.69) is 5.32 Å². The normalized spacial score (nSPS) is 21.0. The molecule has 0 radical (unpaired) electrons. The zero-order chi connectivity index (χ0) is 27.5. The second-order valence-electron chi connectivity index (χ2n) is 11.3. The van der Waals surface area contributed by atoms with E-state index in [0.29, 0.717) is 56.7 Å². The van der Waals surface area contributed by atoms with Crippen molar-refractivity contribution in [1.82, 2.24) is 5.32 Å². The van der Waals surface area contributed by atoms with Crippen LogP contribution in [-0.4, -0.2) is 42.4 Å². The number of amides is 1. The van der Waals surface area contributed by atoms with Crippen molar-refractivity contribution in [2.75, 3.05) is 26.3 Å². The van der Waals surface area contributed by atoms with Gasteiger partial charge in [0.15, 0.2) is 0 Å². The maximum absolute atomic E-state index is 12.6. The van der Waals surface area contributed by atoms with Gasteiger partial charge in [0.2, 0.25) is 5.91 Å². The van der Waals surface area contributed by atoms with Crippen LogP contribution in [0.25, 0.3) is 0 Å². The topological polar surface area (TPSA) is 114 Å². The molecule has 2 saturated carbocycles. The van der Waals surface area contributed by atoms with Crippen LogP contribution in [0.1, 0.15) is 87.5 Å². The summed E-state index contributed by atoms with van der Waals surface area (Å²) in [6, 6.07) is 15.2. The van der Waals surface area contributed by atoms with Crippen LogP contribution in [0.4, 0.5) is 0 Å². The predicted octanol–water partition coefficient (Wildman–Crippen LogP) is 5.06. The van der Waals surface area contributed by atoms with Crippen molar-refractivity contribution in [3.63, 3.8) is 0 Å². The van der Waals surface area contributed by atoms with Gasteiger partial charge in [-0.2, -0.15) is 0 Å². The molecule has 0 aromatic heterocycles. The van der Waals surface area contributed by atoms with Gasteiger partial charge in [-0.15, -0.1) is 0 Å². The first-order chi connectivity index (χ1) is 19.0. The molecule has 0 aliphatic heterocycles. The van der Waals surface area contributed by atoms with Gasteiger partial charge in [0.1, 0.15) is 11.5 Å². The number of ether oxygens (including phenoxy) is 2. The SMILES string of the molecule is NCCC(O)c1cccc(OCC2CCC2CC(=O)NCCC(O)c2cccc(OCC3CCCCC3)c2)c1. The third kappa shape index (κ3) is 9.23. The number of hydrogen-bond donors (Lipinski definition) is 4. The Kier molecular flexibility index (Phi) is 11.5. The Morgan fingerprint density at radius 1 is 0.846 bits per heavy atom. The molecule has 5 N–H and O–H groups in total. The van der Waals surface area contributed by atoms with Crippen molar-refractivity contribution in [1.29, 1.82) is 0 Å². The van der Waals surface area contributed by atoms with Gasteiger partial charge in [-0.25, -0.2) is 0 Å². The molecule has 39 heavy (non-hydrogen) atoms. The number of nitrogens with one attached hydrogen (secondary N) is 1. The van der Waals surface area contributed by atoms with E-state index < -0.39 is 12.2 Å². The lowest BCUT2D eigenvalue weighted by atomic mass is 9.72. The summed E-state index contributed by atoms with van der Waals surface area (Å²) in [4.78, 5) is 12.6. The standard InChI is InChI=1S/C32H46N2O5/c33-16-14-30(35)25-8-4-11-29(18-25)39-22-27-13-12-24(27)20-32(37)34-17-15-31(36)26-9-5-10-28(19-26)38-21-23-6-2-1-3-7-23/h4-5,8-11,18-19,23-24,27,30-31,35-36H,1-3,6-7,12-17,20-22,33H2,(H,34,37). The van der Waals surface area contributed by atoms with E-state index >= 15 is 0 Å². The van der Waals surface area contributed by atoms with Crippen molar-refractivity contribution in [3.8, 4) is 11.5 Å². The molecule has 0 spiro atoms. The molecule has 2 aliphatic carbocycles. The first kappa shape index (κ1) is 29.4. The van der Waals surface area contributed by atoms with Crippen LogP contribution in [0.2, 0.25) is 0 Å². The Morgan fingerprint density at radius 2 is 1.46 bits per heavy atom. The van der Waals surface area contributed by atoms with Crippen molar-refractivity contribution >= 4 is 5.91 Å². The summed E-state index contributed by atoms with van der Waals surface area (Å²) in [5, 5.41) is 23.8. The summed E-state index contributed by atoms with van der Waals surface area (Å²) in [5.41, 5.74) is 7.18. The first-order valence-corrected chi connectivity index (χ1v) is 14.8. The highest BCUT2D eigenvalue weighted by Gasteiger charge is 2.33. The van der Waals surface area contributed by atoms with Crippen LogP contribution in [0.5, 0.6) is 11.5 Å². The van der Waals surface area contributed by atoms with E-state index in [0.717, 1.165) is 42.1 Å². The van der Waals surface area contributed by atoms with Crippen molar-refractivity contribution in [3.05, 3.63) is 59.7 Å². The molecular weight excluding hydrogens is 492 g/mol. The van der Waals surface area contributed by atoms with Crippen LogP contribution in [0.15, 0.2) is 48.5 Å². The fourth-order valence-electron chi connectivity index (χ4n) is 5.67. The molecule has 2 fully saturated rings. The number of carbonyl (C=O) groups excluding carboxylic acids is 1. The van der Waals surface area contributed by atoms with Crippen molar-refractivity contribution in [2.45, 2.75) is 76.4 Å². The summed E-state index contributed by atoms with van der Waals surface area (Å²) < 4.78 is 12.0. The number of carbonyl (C=O) groups is 1. The molecule has 7 heteroatoms. The molecule has 4 rings (SSSR count). The van der Waals surface area contributed by atoms with Crippen molar-refractivity contribution < 1.29 is 24.5 Å². The highest BCUT2D eigenvalue weighted by atomic mass is 16.5. The Labute approximate surface area is 233 Å². The molecule has 2 aromatic rings. The number of aliphatic hydroxyl groups excluding tert-OH is 2. The number of aliphatic hydroxyl groups is 2. The van der Waals surface area contributed by atoms with Gasteiger partial charge >= 0.3 is 0 Å². The molecule has 4 unspecified atom stereocenters. The molecule has 2 aliphatic rings. The third-order valence-corrected chi connectivity index (χ3v) is 8.36. The smallest absolute Gasteiger partial charge is 0.220 e. The zero-order valence-corrected chi connectivity index (χ0v) is 23.1. The summed E-state index contributed by atoms with van der Waals surface area (Å²) >= 11 is 0. The number of hydrogen-bond acceptors (Lipinski definition) is 6. The summed E-state index contributed by atoms with van der Waals surface area (Å²) in [6.07, 6.45) is 8.70. The minimum absolute atomic E-state index is 0.0216. The fourth-order valence-corrected chi connectivity index (χ4v) is 5.67. The molecule has 1 amide bonds. The number of rotatable bonds is 15. The molecule has 214 valence electrons. The van der Waals surface area contributed by atoms with E-state index in [1.165, 1.54) is 32.1 Å². The second-order valence-corrected chi connectivity index (χ2v) is 11.3. The lowest BCUT2D eigenvalue weighted by Gasteiger charge is -2.36. The Hall–Kier alpha value is -2.61. The number of benzene rings is 2. The Morgan fingerprint density at radius 3 is 2.08 bits per heavy atom. The molecular formula is C32H46N2O5. The van der Waals surface area contributed by atoms with E-state index in [9.17, 15) is 15.0 Å². The molecule has 0 bridgehead atoms. The monoisotopic (exact) mass is 538 g/mol. The van der Waals surface area contributed by atoms with E-state index in [1.807, 2.05) is 48.5 Å². The second kappa shape index (κ2) is 15.2. The Bertz CT molecular complexity index is 1030. The van der Waals surface area contributed by atoms with Crippen LogP contribution >= 0.6 is 0 Å². The lowest BCUT2D eigenvalue weighted by Crippen LogP contribution is -2.36. The van der Waals surface area contributed by atoms with E-state index in [1.54, 1.807) is 0 Å². The molecule has 2 aromatic carbocycles. The maximum atomic E-state index is 12.6. The lowest BCUT2D eigenvalue weighted by molar-refractivity contribution is -0.123. The van der Waals surface area contributed by atoms with E-state index in [4.69, 9.17) is 15.2 Å². The predicted molar refractivity (Wildman–Crippen MR) is 152 cm³/mol. The average molecular weight is 539 g/mol.